The zero-order valence-electron chi connectivity index (χ0n) is 17.3. The SMILES string of the molecule is CC(=O)Nc1ccc(S(=O)(=O)N2CCC[C@@H](C(=O)N[C@H](CO)c3ccccc3)C2)cc1. The van der Waals surface area contributed by atoms with E-state index in [1.54, 1.807) is 0 Å². The maximum atomic E-state index is 13.1. The van der Waals surface area contributed by atoms with Gasteiger partial charge in [0.15, 0.2) is 0 Å². The first-order chi connectivity index (χ1) is 14.8. The van der Waals surface area contributed by atoms with Crippen molar-refractivity contribution in [2.75, 3.05) is 25.0 Å². The maximum Gasteiger partial charge on any atom is 0.243 e. The van der Waals surface area contributed by atoms with Gasteiger partial charge in [0, 0.05) is 25.7 Å². The zero-order valence-corrected chi connectivity index (χ0v) is 18.1. The lowest BCUT2D eigenvalue weighted by atomic mass is 9.97. The van der Waals surface area contributed by atoms with Crippen molar-refractivity contribution in [2.24, 2.45) is 5.92 Å². The molecule has 0 aliphatic carbocycles. The molecule has 0 saturated carbocycles. The molecule has 2 amide bonds. The molecule has 1 fully saturated rings. The summed E-state index contributed by atoms with van der Waals surface area (Å²) in [4.78, 5) is 24.1. The molecular weight excluding hydrogens is 418 g/mol. The summed E-state index contributed by atoms with van der Waals surface area (Å²) < 4.78 is 27.4. The number of benzene rings is 2. The van der Waals surface area contributed by atoms with Gasteiger partial charge in [0.25, 0.3) is 0 Å². The minimum atomic E-state index is -3.77. The smallest absolute Gasteiger partial charge is 0.243 e. The van der Waals surface area contributed by atoms with E-state index in [-0.39, 0.29) is 29.9 Å². The lowest BCUT2D eigenvalue weighted by Crippen LogP contribution is -2.46. The fourth-order valence-electron chi connectivity index (χ4n) is 3.65. The number of nitrogens with one attached hydrogen (secondary N) is 2. The molecule has 8 nitrogen and oxygen atoms in total. The molecule has 0 unspecified atom stereocenters. The number of aliphatic hydroxyl groups excluding tert-OH is 1. The summed E-state index contributed by atoms with van der Waals surface area (Å²) in [6, 6.07) is 14.6. The third kappa shape index (κ3) is 5.69. The molecule has 0 radical (unpaired) electrons. The summed E-state index contributed by atoms with van der Waals surface area (Å²) in [5, 5.41) is 15.1. The van der Waals surface area contributed by atoms with Gasteiger partial charge in [0.05, 0.1) is 23.5 Å². The van der Waals surface area contributed by atoms with Gasteiger partial charge in [-0.15, -0.1) is 0 Å². The van der Waals surface area contributed by atoms with Crippen molar-refractivity contribution >= 4 is 27.5 Å². The predicted molar refractivity (Wildman–Crippen MR) is 117 cm³/mol. The Morgan fingerprint density at radius 3 is 2.42 bits per heavy atom. The van der Waals surface area contributed by atoms with Crippen molar-refractivity contribution < 1.29 is 23.1 Å². The van der Waals surface area contributed by atoms with E-state index >= 15 is 0 Å². The summed E-state index contributed by atoms with van der Waals surface area (Å²) in [6.45, 7) is 1.55. The van der Waals surface area contributed by atoms with Crippen molar-refractivity contribution in [3.8, 4) is 0 Å². The summed E-state index contributed by atoms with van der Waals surface area (Å²) in [5.41, 5.74) is 1.30. The van der Waals surface area contributed by atoms with Gasteiger partial charge in [-0.1, -0.05) is 30.3 Å². The third-order valence-corrected chi connectivity index (χ3v) is 7.15. The van der Waals surface area contributed by atoms with Crippen molar-refractivity contribution in [3.63, 3.8) is 0 Å². The van der Waals surface area contributed by atoms with Crippen LogP contribution in [0.2, 0.25) is 0 Å². The molecule has 3 N–H and O–H groups in total. The molecule has 1 aliphatic heterocycles. The lowest BCUT2D eigenvalue weighted by molar-refractivity contribution is -0.127. The molecule has 2 atom stereocenters. The average molecular weight is 446 g/mol. The Hall–Kier alpha value is -2.75. The van der Waals surface area contributed by atoms with Crippen molar-refractivity contribution in [3.05, 3.63) is 60.2 Å². The van der Waals surface area contributed by atoms with Crippen LogP contribution >= 0.6 is 0 Å². The molecule has 1 saturated heterocycles. The fourth-order valence-corrected chi connectivity index (χ4v) is 5.17. The summed E-state index contributed by atoms with van der Waals surface area (Å²) >= 11 is 0. The van der Waals surface area contributed by atoms with Crippen LogP contribution in [0.1, 0.15) is 31.4 Å². The first-order valence-electron chi connectivity index (χ1n) is 10.1. The zero-order chi connectivity index (χ0) is 22.4. The van der Waals surface area contributed by atoms with Gasteiger partial charge in [-0.25, -0.2) is 8.42 Å². The van der Waals surface area contributed by atoms with Crippen molar-refractivity contribution in [2.45, 2.75) is 30.7 Å². The standard InChI is InChI=1S/C22H27N3O5S/c1-16(27)23-19-9-11-20(12-10-19)31(29,30)25-13-5-8-18(14-25)22(28)24-21(15-26)17-6-3-2-4-7-17/h2-4,6-7,9-12,18,21,26H,5,8,13-15H2,1H3,(H,23,27)(H,24,28)/t18-,21-/m1/s1. The number of anilines is 1. The predicted octanol–water partition coefficient (Wildman–Crippen LogP) is 1.90. The molecule has 166 valence electrons. The van der Waals surface area contributed by atoms with Crippen LogP contribution in [-0.2, 0) is 19.6 Å². The van der Waals surface area contributed by atoms with Gasteiger partial charge in [0.1, 0.15) is 0 Å². The number of hydrogen-bond donors (Lipinski definition) is 3. The molecular formula is C22H27N3O5S. The largest absolute Gasteiger partial charge is 0.394 e. The number of aliphatic hydroxyl groups is 1. The van der Waals surface area contributed by atoms with E-state index < -0.39 is 22.0 Å². The Morgan fingerprint density at radius 1 is 1.13 bits per heavy atom. The van der Waals surface area contributed by atoms with Crippen molar-refractivity contribution in [1.82, 2.24) is 9.62 Å². The fraction of sp³-hybridized carbons (Fsp3) is 0.364. The number of sulfonamides is 1. The van der Waals surface area contributed by atoms with Gasteiger partial charge < -0.3 is 15.7 Å². The first-order valence-corrected chi connectivity index (χ1v) is 11.6. The second kappa shape index (κ2) is 10.0. The van der Waals surface area contributed by atoms with E-state index in [9.17, 15) is 23.1 Å². The highest BCUT2D eigenvalue weighted by atomic mass is 32.2. The minimum absolute atomic E-state index is 0.0779. The van der Waals surface area contributed by atoms with E-state index in [0.29, 0.717) is 25.1 Å². The van der Waals surface area contributed by atoms with Crippen LogP contribution in [0.4, 0.5) is 5.69 Å². The molecule has 1 heterocycles. The van der Waals surface area contributed by atoms with Crippen LogP contribution < -0.4 is 10.6 Å². The van der Waals surface area contributed by atoms with Crippen LogP contribution in [0.3, 0.4) is 0 Å². The molecule has 0 bridgehead atoms. The second-order valence-electron chi connectivity index (χ2n) is 7.56. The lowest BCUT2D eigenvalue weighted by Gasteiger charge is -2.32. The quantitative estimate of drug-likeness (QED) is 0.602. The number of carbonyl (C=O) groups excluding carboxylic acids is 2. The van der Waals surface area contributed by atoms with Crippen LogP contribution in [0.15, 0.2) is 59.5 Å². The second-order valence-corrected chi connectivity index (χ2v) is 9.50. The number of carbonyl (C=O) groups is 2. The van der Waals surface area contributed by atoms with E-state index in [4.69, 9.17) is 0 Å². The third-order valence-electron chi connectivity index (χ3n) is 5.27. The minimum Gasteiger partial charge on any atom is -0.394 e. The Morgan fingerprint density at radius 2 is 1.81 bits per heavy atom. The van der Waals surface area contributed by atoms with E-state index in [1.165, 1.54) is 35.5 Å². The number of piperidine rings is 1. The topological polar surface area (TPSA) is 116 Å². The van der Waals surface area contributed by atoms with Crippen molar-refractivity contribution in [1.29, 1.82) is 0 Å². The van der Waals surface area contributed by atoms with Gasteiger partial charge in [-0.3, -0.25) is 9.59 Å². The number of hydrogen-bond acceptors (Lipinski definition) is 5. The summed E-state index contributed by atoms with van der Waals surface area (Å²) in [6.07, 6.45) is 1.14. The van der Waals surface area contributed by atoms with E-state index in [2.05, 4.69) is 10.6 Å². The highest BCUT2D eigenvalue weighted by molar-refractivity contribution is 7.89. The molecule has 2 aromatic rings. The Bertz CT molecular complexity index is 1010. The highest BCUT2D eigenvalue weighted by Crippen LogP contribution is 2.25. The number of amides is 2. The van der Waals surface area contributed by atoms with Gasteiger partial charge in [-0.2, -0.15) is 4.31 Å². The van der Waals surface area contributed by atoms with E-state index in [0.717, 1.165) is 5.56 Å². The normalized spacial score (nSPS) is 18.2. The maximum absolute atomic E-state index is 13.1. The first kappa shape index (κ1) is 22.9. The molecule has 9 heteroatoms. The Kier molecular flexibility index (Phi) is 7.42. The molecule has 3 rings (SSSR count). The molecule has 31 heavy (non-hydrogen) atoms. The molecule has 2 aromatic carbocycles. The molecule has 0 aromatic heterocycles. The average Bonchev–Trinajstić information content (AvgIpc) is 2.78. The van der Waals surface area contributed by atoms with Crippen LogP contribution in [0, 0.1) is 5.92 Å². The molecule has 0 spiro atoms. The van der Waals surface area contributed by atoms with Gasteiger partial charge in [0.2, 0.25) is 21.8 Å². The van der Waals surface area contributed by atoms with Gasteiger partial charge in [-0.05, 0) is 42.7 Å². The van der Waals surface area contributed by atoms with Gasteiger partial charge >= 0.3 is 0 Å². The number of nitrogens with zero attached hydrogens (tertiary/aromatic N) is 1. The summed E-state index contributed by atoms with van der Waals surface area (Å²) in [5.74, 6) is -1.01. The Labute approximate surface area is 182 Å². The monoisotopic (exact) mass is 445 g/mol. The van der Waals surface area contributed by atoms with Crippen LogP contribution in [-0.4, -0.2) is 49.3 Å². The Balaban J connectivity index is 1.68. The molecule has 1 aliphatic rings. The number of rotatable bonds is 7. The van der Waals surface area contributed by atoms with Crippen LogP contribution in [0.5, 0.6) is 0 Å². The highest BCUT2D eigenvalue weighted by Gasteiger charge is 2.34. The summed E-state index contributed by atoms with van der Waals surface area (Å²) in [7, 11) is -3.77. The van der Waals surface area contributed by atoms with E-state index in [1.807, 2.05) is 30.3 Å². The van der Waals surface area contributed by atoms with Crippen LogP contribution in [0.25, 0.3) is 0 Å².